The van der Waals surface area contributed by atoms with Gasteiger partial charge in [-0.1, -0.05) is 0 Å². The molecular weight excluding hydrogens is 252 g/mol. The topological polar surface area (TPSA) is 58.4 Å². The molecular formula is C11H20N4O2S. The average molecular weight is 272 g/mol. The predicted octanol–water partition coefficient (Wildman–Crippen LogP) is 0.135. The first-order valence-electron chi connectivity index (χ1n) is 6.06. The van der Waals surface area contributed by atoms with Crippen molar-refractivity contribution >= 4 is 10.0 Å². The molecule has 6 nitrogen and oxygen atoms in total. The Labute approximate surface area is 108 Å². The van der Waals surface area contributed by atoms with Crippen molar-refractivity contribution in [2.75, 3.05) is 27.2 Å². The van der Waals surface area contributed by atoms with Crippen molar-refractivity contribution in [3.05, 3.63) is 12.5 Å². The third kappa shape index (κ3) is 2.57. The summed E-state index contributed by atoms with van der Waals surface area (Å²) in [7, 11) is 1.97. The number of imidazole rings is 1. The fourth-order valence-corrected chi connectivity index (χ4v) is 3.64. The smallest absolute Gasteiger partial charge is 0.262 e. The van der Waals surface area contributed by atoms with Crippen molar-refractivity contribution in [3.63, 3.8) is 0 Å². The molecule has 2 heterocycles. The molecule has 1 aromatic heterocycles. The molecule has 1 aliphatic heterocycles. The Bertz CT molecular complexity index is 511. The highest BCUT2D eigenvalue weighted by Crippen LogP contribution is 2.20. The van der Waals surface area contributed by atoms with Crippen LogP contribution in [0.5, 0.6) is 0 Å². The quantitative estimate of drug-likeness (QED) is 0.785. The Morgan fingerprint density at radius 1 is 1.44 bits per heavy atom. The molecule has 1 aromatic rings. The molecule has 1 fully saturated rings. The number of nitrogens with zero attached hydrogens (tertiary/aromatic N) is 4. The predicted molar refractivity (Wildman–Crippen MR) is 68.7 cm³/mol. The molecule has 1 atom stereocenters. The molecule has 0 bridgehead atoms. The van der Waals surface area contributed by atoms with Gasteiger partial charge < -0.3 is 9.47 Å². The maximum Gasteiger partial charge on any atom is 0.262 e. The first-order chi connectivity index (χ1) is 8.41. The Morgan fingerprint density at radius 3 is 2.72 bits per heavy atom. The molecule has 0 radical (unpaired) electrons. The second-order valence-electron chi connectivity index (χ2n) is 4.96. The summed E-state index contributed by atoms with van der Waals surface area (Å²) in [6.45, 7) is 1.82. The lowest BCUT2D eigenvalue weighted by atomic mass is 10.1. The van der Waals surface area contributed by atoms with E-state index in [1.54, 1.807) is 24.9 Å². The molecule has 0 N–H and O–H groups in total. The average Bonchev–Trinajstić information content (AvgIpc) is 2.75. The zero-order valence-corrected chi connectivity index (χ0v) is 11.9. The number of hydrogen-bond acceptors (Lipinski definition) is 4. The van der Waals surface area contributed by atoms with E-state index in [0.717, 1.165) is 25.9 Å². The van der Waals surface area contributed by atoms with Gasteiger partial charge in [-0.15, -0.1) is 0 Å². The van der Waals surface area contributed by atoms with Gasteiger partial charge in [-0.2, -0.15) is 4.31 Å². The van der Waals surface area contributed by atoms with E-state index in [4.69, 9.17) is 0 Å². The molecule has 7 heteroatoms. The number of likely N-dealkylation sites (N-methyl/N-ethyl adjacent to an activating group) is 2. The van der Waals surface area contributed by atoms with Crippen molar-refractivity contribution in [3.8, 4) is 0 Å². The number of aromatic nitrogens is 2. The van der Waals surface area contributed by atoms with Crippen LogP contribution in [0.1, 0.15) is 12.8 Å². The summed E-state index contributed by atoms with van der Waals surface area (Å²) in [4.78, 5) is 6.11. The van der Waals surface area contributed by atoms with Crippen LogP contribution < -0.4 is 0 Å². The highest BCUT2D eigenvalue weighted by Gasteiger charge is 2.31. The van der Waals surface area contributed by atoms with Gasteiger partial charge in [0.15, 0.2) is 5.03 Å². The van der Waals surface area contributed by atoms with E-state index in [1.165, 1.54) is 10.6 Å². The minimum atomic E-state index is -3.47. The van der Waals surface area contributed by atoms with Crippen LogP contribution in [-0.2, 0) is 17.1 Å². The summed E-state index contributed by atoms with van der Waals surface area (Å²) in [5, 5.41) is 0.126. The van der Waals surface area contributed by atoms with Gasteiger partial charge in [0.25, 0.3) is 10.0 Å². The van der Waals surface area contributed by atoms with E-state index in [-0.39, 0.29) is 11.1 Å². The van der Waals surface area contributed by atoms with E-state index in [9.17, 15) is 8.42 Å². The minimum absolute atomic E-state index is 0.0377. The minimum Gasteiger partial charge on any atom is -0.339 e. The first kappa shape index (κ1) is 13.5. The molecule has 1 saturated heterocycles. The molecule has 2 rings (SSSR count). The Morgan fingerprint density at radius 2 is 2.17 bits per heavy atom. The van der Waals surface area contributed by atoms with E-state index >= 15 is 0 Å². The largest absolute Gasteiger partial charge is 0.339 e. The molecule has 1 aliphatic rings. The lowest BCUT2D eigenvalue weighted by Gasteiger charge is -2.34. The van der Waals surface area contributed by atoms with Crippen LogP contribution in [-0.4, -0.2) is 60.4 Å². The number of likely N-dealkylation sites (tertiary alicyclic amines) is 1. The van der Waals surface area contributed by atoms with Crippen LogP contribution in [0.25, 0.3) is 0 Å². The fourth-order valence-electron chi connectivity index (χ4n) is 2.30. The summed E-state index contributed by atoms with van der Waals surface area (Å²) in [6, 6.07) is 0.0377. The summed E-state index contributed by atoms with van der Waals surface area (Å²) in [5.41, 5.74) is 0. The molecule has 0 saturated carbocycles. The second kappa shape index (κ2) is 4.99. The van der Waals surface area contributed by atoms with Crippen LogP contribution in [0.2, 0.25) is 0 Å². The number of hydrogen-bond donors (Lipinski definition) is 0. The fraction of sp³-hybridized carbons (Fsp3) is 0.727. The van der Waals surface area contributed by atoms with Gasteiger partial charge in [-0.25, -0.2) is 13.4 Å². The number of rotatable bonds is 3. The summed E-state index contributed by atoms with van der Waals surface area (Å²) >= 11 is 0. The summed E-state index contributed by atoms with van der Waals surface area (Å²) < 4.78 is 27.9. The number of aryl methyl sites for hydroxylation is 1. The molecule has 102 valence electrons. The lowest BCUT2D eigenvalue weighted by molar-refractivity contribution is 0.187. The highest BCUT2D eigenvalue weighted by atomic mass is 32.2. The molecule has 0 aromatic carbocycles. The van der Waals surface area contributed by atoms with E-state index < -0.39 is 10.0 Å². The van der Waals surface area contributed by atoms with Gasteiger partial charge in [0, 0.05) is 32.9 Å². The number of sulfonamides is 1. The molecule has 1 unspecified atom stereocenters. The first-order valence-corrected chi connectivity index (χ1v) is 7.50. The zero-order chi connectivity index (χ0) is 13.3. The third-order valence-corrected chi connectivity index (χ3v) is 5.23. The second-order valence-corrected chi connectivity index (χ2v) is 6.90. The van der Waals surface area contributed by atoms with Crippen molar-refractivity contribution in [1.29, 1.82) is 0 Å². The molecule has 0 spiro atoms. The van der Waals surface area contributed by atoms with E-state index in [0.29, 0.717) is 0 Å². The van der Waals surface area contributed by atoms with Crippen molar-refractivity contribution in [1.82, 2.24) is 18.8 Å². The third-order valence-electron chi connectivity index (χ3n) is 3.44. The van der Waals surface area contributed by atoms with Crippen molar-refractivity contribution < 1.29 is 8.42 Å². The van der Waals surface area contributed by atoms with E-state index in [2.05, 4.69) is 9.88 Å². The van der Waals surface area contributed by atoms with Gasteiger partial charge in [-0.05, 0) is 26.4 Å². The molecule has 18 heavy (non-hydrogen) atoms. The Kier molecular flexibility index (Phi) is 3.74. The lowest BCUT2D eigenvalue weighted by Crippen LogP contribution is -2.47. The van der Waals surface area contributed by atoms with Gasteiger partial charge in [0.05, 0.1) is 6.33 Å². The van der Waals surface area contributed by atoms with Crippen molar-refractivity contribution in [2.24, 2.45) is 7.05 Å². The summed E-state index contributed by atoms with van der Waals surface area (Å²) in [6.07, 6.45) is 4.99. The maximum atomic E-state index is 12.4. The van der Waals surface area contributed by atoms with Gasteiger partial charge in [-0.3, -0.25) is 0 Å². The Balaban J connectivity index is 2.19. The highest BCUT2D eigenvalue weighted by molar-refractivity contribution is 7.89. The standard InChI is InChI=1S/C11H20N4O2S/c1-13-6-4-5-10(7-13)15(3)18(16,17)11-8-14(2)9-12-11/h8-10H,4-7H2,1-3H3. The van der Waals surface area contributed by atoms with Crippen molar-refractivity contribution in [2.45, 2.75) is 23.9 Å². The van der Waals surface area contributed by atoms with Gasteiger partial charge >= 0.3 is 0 Å². The van der Waals surface area contributed by atoms with Gasteiger partial charge in [0.2, 0.25) is 0 Å². The molecule has 0 aliphatic carbocycles. The van der Waals surface area contributed by atoms with Crippen LogP contribution >= 0.6 is 0 Å². The summed E-state index contributed by atoms with van der Waals surface area (Å²) in [5.74, 6) is 0. The zero-order valence-electron chi connectivity index (χ0n) is 11.1. The van der Waals surface area contributed by atoms with Gasteiger partial charge in [0.1, 0.15) is 0 Å². The maximum absolute atomic E-state index is 12.4. The van der Waals surface area contributed by atoms with Crippen LogP contribution in [0, 0.1) is 0 Å². The molecule has 0 amide bonds. The van der Waals surface area contributed by atoms with Crippen LogP contribution in [0.4, 0.5) is 0 Å². The monoisotopic (exact) mass is 272 g/mol. The van der Waals surface area contributed by atoms with Crippen LogP contribution in [0.15, 0.2) is 17.6 Å². The van der Waals surface area contributed by atoms with Crippen LogP contribution in [0.3, 0.4) is 0 Å². The number of piperidine rings is 1. The SMILES string of the molecule is CN1CCCC(N(C)S(=O)(=O)c2cn(C)cn2)C1. The normalized spacial score (nSPS) is 22.6. The van der Waals surface area contributed by atoms with E-state index in [1.807, 2.05) is 7.05 Å². The Hall–Kier alpha value is -0.920.